The zero-order chi connectivity index (χ0) is 35.9. The van der Waals surface area contributed by atoms with E-state index in [2.05, 4.69) is 42.4 Å². The van der Waals surface area contributed by atoms with Crippen molar-refractivity contribution in [2.24, 2.45) is 9.98 Å². The average molecular weight is 747 g/mol. The maximum Gasteiger partial charge on any atom is 2.00 e. The van der Waals surface area contributed by atoms with Crippen LogP contribution in [0.2, 0.25) is 0 Å². The molecule has 0 atom stereocenters. The maximum atomic E-state index is 14.6. The summed E-state index contributed by atoms with van der Waals surface area (Å²) in [5.41, 5.74) is -3.41. The van der Waals surface area contributed by atoms with E-state index in [1.165, 1.54) is 73.4 Å². The number of allylic oxidation sites excluding steroid dienone is 4. The Labute approximate surface area is 295 Å². The number of halogens is 8. The monoisotopic (exact) mass is 746 g/mol. The molecule has 0 radical (unpaired) electrons. The number of benzene rings is 2. The standard InChI is InChI=1S/2C18H10F4N3.Ni/c2*1-2-7-25-18-16(21)14(19)13(15(20)17(18)22)12(10-5-3-8-23-10)11-6-4-9-24-11;/h2*1,3-6,8-9,25H,7H2;/q2*-1;+2. The Morgan fingerprint density at radius 2 is 0.941 bits per heavy atom. The van der Waals surface area contributed by atoms with Crippen LogP contribution in [0.15, 0.2) is 82.3 Å². The minimum Gasteiger partial charge on any atom is -0.664 e. The van der Waals surface area contributed by atoms with Crippen molar-refractivity contribution in [3.63, 3.8) is 0 Å². The zero-order valence-corrected chi connectivity index (χ0v) is 26.6. The molecule has 2 aliphatic heterocycles. The molecule has 2 N–H and O–H groups in total. The van der Waals surface area contributed by atoms with E-state index in [1.807, 2.05) is 0 Å². The van der Waals surface area contributed by atoms with Crippen LogP contribution in [0.25, 0.3) is 11.1 Å². The summed E-state index contributed by atoms with van der Waals surface area (Å²) in [5.74, 6) is -8.35. The Hall–Kier alpha value is -6.05. The molecule has 6 rings (SSSR count). The van der Waals surface area contributed by atoms with Gasteiger partial charge in [-0.15, -0.1) is 24.2 Å². The summed E-state index contributed by atoms with van der Waals surface area (Å²) in [4.78, 5) is 15.9. The summed E-state index contributed by atoms with van der Waals surface area (Å²) >= 11 is 0. The van der Waals surface area contributed by atoms with Gasteiger partial charge in [-0.05, 0) is 35.5 Å². The van der Waals surface area contributed by atoms with Crippen molar-refractivity contribution >= 4 is 35.0 Å². The number of nitrogens with one attached hydrogen (secondary N) is 2. The van der Waals surface area contributed by atoms with Gasteiger partial charge >= 0.3 is 16.5 Å². The van der Waals surface area contributed by atoms with Crippen LogP contribution >= 0.6 is 0 Å². The predicted molar refractivity (Wildman–Crippen MR) is 174 cm³/mol. The fourth-order valence-corrected chi connectivity index (χ4v) is 4.86. The molecule has 0 fully saturated rings. The fraction of sp³-hybridized carbons (Fsp3) is 0.0556. The van der Waals surface area contributed by atoms with Gasteiger partial charge in [0.1, 0.15) is 11.4 Å². The Bertz CT molecular complexity index is 1970. The summed E-state index contributed by atoms with van der Waals surface area (Å²) in [5, 5.41) is 4.28. The number of terminal acetylenes is 2. The molecule has 0 spiro atoms. The molecule has 6 nitrogen and oxygen atoms in total. The molecule has 0 amide bonds. The van der Waals surface area contributed by atoms with E-state index in [4.69, 9.17) is 12.8 Å². The zero-order valence-electron chi connectivity index (χ0n) is 25.6. The third-order valence-corrected chi connectivity index (χ3v) is 7.00. The molecular weight excluding hydrogens is 727 g/mol. The van der Waals surface area contributed by atoms with Crippen LogP contribution in [-0.4, -0.2) is 25.5 Å². The van der Waals surface area contributed by atoms with Gasteiger partial charge in [0.15, 0.2) is 46.5 Å². The molecule has 2 aromatic carbocycles. The van der Waals surface area contributed by atoms with E-state index >= 15 is 0 Å². The van der Waals surface area contributed by atoms with Gasteiger partial charge in [-0.1, -0.05) is 36.1 Å². The molecule has 2 aromatic heterocycles. The van der Waals surface area contributed by atoms with Crippen LogP contribution in [0.4, 0.5) is 46.5 Å². The van der Waals surface area contributed by atoms with Crippen molar-refractivity contribution in [3.8, 4) is 24.7 Å². The van der Waals surface area contributed by atoms with E-state index in [-0.39, 0.29) is 63.5 Å². The van der Waals surface area contributed by atoms with E-state index in [0.29, 0.717) is 0 Å². The number of hydrogen-bond donors (Lipinski definition) is 2. The molecule has 51 heavy (non-hydrogen) atoms. The quantitative estimate of drug-likeness (QED) is 0.0860. The van der Waals surface area contributed by atoms with Gasteiger partial charge < -0.3 is 20.6 Å². The molecule has 0 bridgehead atoms. The van der Waals surface area contributed by atoms with E-state index in [1.54, 1.807) is 0 Å². The first kappa shape index (κ1) is 37.8. The van der Waals surface area contributed by atoms with Crippen molar-refractivity contribution < 1.29 is 51.6 Å². The molecule has 0 saturated heterocycles. The van der Waals surface area contributed by atoms with E-state index < -0.39 is 69.0 Å². The maximum absolute atomic E-state index is 14.6. The second kappa shape index (κ2) is 16.6. The first-order valence-electron chi connectivity index (χ1n) is 14.3. The summed E-state index contributed by atoms with van der Waals surface area (Å²) in [6.07, 6.45) is 21.5. The minimum absolute atomic E-state index is 0. The Balaban J connectivity index is 0.000000224. The molecule has 0 unspecified atom stereocenters. The van der Waals surface area contributed by atoms with Crippen LogP contribution in [0.1, 0.15) is 22.5 Å². The van der Waals surface area contributed by atoms with Gasteiger partial charge in [-0.3, -0.25) is 9.98 Å². The van der Waals surface area contributed by atoms with Gasteiger partial charge in [-0.2, -0.15) is 12.4 Å². The number of nitrogens with zero attached hydrogens (tertiary/aromatic N) is 4. The molecule has 4 heterocycles. The summed E-state index contributed by atoms with van der Waals surface area (Å²) in [6.45, 7) is -0.588. The second-order valence-corrected chi connectivity index (χ2v) is 9.97. The number of aliphatic imine (C=N–C) groups is 2. The van der Waals surface area contributed by atoms with E-state index in [0.717, 1.165) is 0 Å². The van der Waals surface area contributed by atoms with Crippen LogP contribution in [0, 0.1) is 71.2 Å². The van der Waals surface area contributed by atoms with Crippen LogP contribution in [0.5, 0.6) is 0 Å². The van der Waals surface area contributed by atoms with Gasteiger partial charge in [0, 0.05) is 12.4 Å². The van der Waals surface area contributed by atoms with Gasteiger partial charge in [0.25, 0.3) is 0 Å². The first-order valence-corrected chi connectivity index (χ1v) is 14.3. The molecular formula is C36H20F8N6Ni. The SMILES string of the molecule is C#CCNc1c(F)c(F)c(C(=C2C=CC=N2)c2ccc[n-]2)c(F)c1F.C#CCNc1c(F)c(F)c(C(=C2C=CC=N2)c2ccc[n-]2)c(F)c1F.[Ni+2]. The summed E-state index contributed by atoms with van der Waals surface area (Å²) < 4.78 is 116. The predicted octanol–water partition coefficient (Wildman–Crippen LogP) is 7.29. The topological polar surface area (TPSA) is 77.0 Å². The molecule has 0 aliphatic carbocycles. The first-order chi connectivity index (χ1) is 24.1. The van der Waals surface area contributed by atoms with E-state index in [9.17, 15) is 35.1 Å². The van der Waals surface area contributed by atoms with Crippen LogP contribution in [0.3, 0.4) is 0 Å². The van der Waals surface area contributed by atoms with Crippen molar-refractivity contribution in [3.05, 3.63) is 141 Å². The largest absolute Gasteiger partial charge is 2.00 e. The van der Waals surface area contributed by atoms with Crippen molar-refractivity contribution in [1.29, 1.82) is 0 Å². The number of hydrogen-bond acceptors (Lipinski definition) is 4. The van der Waals surface area contributed by atoms with Crippen molar-refractivity contribution in [2.45, 2.75) is 0 Å². The Morgan fingerprint density at radius 3 is 1.20 bits per heavy atom. The number of anilines is 2. The number of rotatable bonds is 8. The van der Waals surface area contributed by atoms with Gasteiger partial charge in [-0.25, -0.2) is 35.1 Å². The number of aromatic nitrogens is 2. The molecule has 0 saturated carbocycles. The Kier molecular flexibility index (Phi) is 12.3. The van der Waals surface area contributed by atoms with Gasteiger partial charge in [0.2, 0.25) is 0 Å². The van der Waals surface area contributed by atoms with Crippen molar-refractivity contribution in [2.75, 3.05) is 23.7 Å². The average Bonchev–Trinajstić information content (AvgIpc) is 3.96. The molecule has 260 valence electrons. The fourth-order valence-electron chi connectivity index (χ4n) is 4.86. The molecule has 2 aliphatic rings. The normalized spacial score (nSPS) is 14.4. The van der Waals surface area contributed by atoms with Crippen molar-refractivity contribution in [1.82, 2.24) is 9.97 Å². The second-order valence-electron chi connectivity index (χ2n) is 9.97. The third-order valence-electron chi connectivity index (χ3n) is 7.00. The summed E-state index contributed by atoms with van der Waals surface area (Å²) in [7, 11) is 0. The third kappa shape index (κ3) is 7.44. The minimum atomic E-state index is -1.57. The molecule has 15 heteroatoms. The smallest absolute Gasteiger partial charge is 0.664 e. The van der Waals surface area contributed by atoms with Gasteiger partial charge in [0.05, 0.1) is 35.6 Å². The van der Waals surface area contributed by atoms with Crippen LogP contribution in [-0.2, 0) is 16.5 Å². The van der Waals surface area contributed by atoms with Crippen LogP contribution < -0.4 is 20.6 Å². The molecule has 4 aromatic rings. The Morgan fingerprint density at radius 1 is 0.588 bits per heavy atom. The summed E-state index contributed by atoms with van der Waals surface area (Å²) in [6, 6.07) is 5.99.